The summed E-state index contributed by atoms with van der Waals surface area (Å²) in [6.45, 7) is 6.26. The van der Waals surface area contributed by atoms with Gasteiger partial charge in [0, 0.05) is 39.2 Å². The largest absolute Gasteiger partial charge is 0.486 e. The van der Waals surface area contributed by atoms with Crippen LogP contribution in [0.3, 0.4) is 0 Å². The molecular formula is C21H27N5O4. The molecule has 1 atom stereocenters. The van der Waals surface area contributed by atoms with Gasteiger partial charge in [0.25, 0.3) is 0 Å². The summed E-state index contributed by atoms with van der Waals surface area (Å²) in [6, 6.07) is 6.17. The molecule has 0 bridgehead atoms. The molecule has 0 aliphatic carbocycles. The maximum Gasteiger partial charge on any atom is 0.225 e. The second-order valence-corrected chi connectivity index (χ2v) is 7.97. The molecule has 160 valence electrons. The van der Waals surface area contributed by atoms with Gasteiger partial charge < -0.3 is 24.1 Å². The van der Waals surface area contributed by atoms with E-state index < -0.39 is 0 Å². The number of hydrogen-bond acceptors (Lipinski definition) is 7. The molecule has 1 aromatic heterocycles. The highest BCUT2D eigenvalue weighted by atomic mass is 16.6. The van der Waals surface area contributed by atoms with Crippen LogP contribution in [0.5, 0.6) is 11.5 Å². The predicted molar refractivity (Wildman–Crippen MR) is 107 cm³/mol. The van der Waals surface area contributed by atoms with Crippen molar-refractivity contribution in [2.75, 3.05) is 39.5 Å². The van der Waals surface area contributed by atoms with Crippen LogP contribution in [0.2, 0.25) is 0 Å². The minimum Gasteiger partial charge on any atom is -0.486 e. The fourth-order valence-corrected chi connectivity index (χ4v) is 4.21. The Morgan fingerprint density at radius 3 is 2.87 bits per heavy atom. The SMILES string of the molecule is O=C(NCc1nnc2n1CCN(Cc1ccc3c(c1)OCCO3)CC2)C1CCOC1. The summed E-state index contributed by atoms with van der Waals surface area (Å²) >= 11 is 0. The third-order valence-electron chi connectivity index (χ3n) is 5.93. The Bertz CT molecular complexity index is 909. The Balaban J connectivity index is 1.19. The number of nitrogens with zero attached hydrogens (tertiary/aromatic N) is 4. The zero-order chi connectivity index (χ0) is 20.3. The van der Waals surface area contributed by atoms with Crippen LogP contribution < -0.4 is 14.8 Å². The van der Waals surface area contributed by atoms with Crippen molar-refractivity contribution >= 4 is 5.91 Å². The van der Waals surface area contributed by atoms with Crippen LogP contribution in [0, 0.1) is 5.92 Å². The number of carbonyl (C=O) groups is 1. The number of fused-ring (bicyclic) bond motifs is 2. The molecule has 1 unspecified atom stereocenters. The highest BCUT2D eigenvalue weighted by Gasteiger charge is 2.24. The molecule has 9 heteroatoms. The monoisotopic (exact) mass is 413 g/mol. The zero-order valence-electron chi connectivity index (χ0n) is 17.0. The van der Waals surface area contributed by atoms with Gasteiger partial charge in [-0.05, 0) is 24.1 Å². The fourth-order valence-electron chi connectivity index (χ4n) is 4.21. The summed E-state index contributed by atoms with van der Waals surface area (Å²) in [5.41, 5.74) is 1.21. The van der Waals surface area contributed by atoms with Gasteiger partial charge in [0.05, 0.1) is 19.1 Å². The van der Waals surface area contributed by atoms with Crippen molar-refractivity contribution in [3.8, 4) is 11.5 Å². The highest BCUT2D eigenvalue weighted by molar-refractivity contribution is 5.78. The summed E-state index contributed by atoms with van der Waals surface area (Å²) in [6.07, 6.45) is 1.63. The fraction of sp³-hybridized carbons (Fsp3) is 0.571. The summed E-state index contributed by atoms with van der Waals surface area (Å²) in [4.78, 5) is 14.7. The molecule has 1 amide bonds. The Hall–Kier alpha value is -2.65. The summed E-state index contributed by atoms with van der Waals surface area (Å²) in [5, 5.41) is 11.7. The smallest absolute Gasteiger partial charge is 0.225 e. The molecule has 9 nitrogen and oxygen atoms in total. The van der Waals surface area contributed by atoms with E-state index in [0.717, 1.165) is 62.2 Å². The van der Waals surface area contributed by atoms with Crippen LogP contribution in [0.15, 0.2) is 18.2 Å². The molecule has 3 aliphatic heterocycles. The molecule has 1 fully saturated rings. The van der Waals surface area contributed by atoms with Gasteiger partial charge in [0.2, 0.25) is 5.91 Å². The minimum atomic E-state index is -0.0435. The number of carbonyl (C=O) groups excluding carboxylic acids is 1. The van der Waals surface area contributed by atoms with Gasteiger partial charge in [-0.3, -0.25) is 9.69 Å². The van der Waals surface area contributed by atoms with Gasteiger partial charge in [-0.1, -0.05) is 6.07 Å². The number of aromatic nitrogens is 3. The van der Waals surface area contributed by atoms with Crippen LogP contribution in [0.25, 0.3) is 0 Å². The number of ether oxygens (including phenoxy) is 3. The Labute approximate surface area is 175 Å². The summed E-state index contributed by atoms with van der Waals surface area (Å²) in [5.74, 6) is 3.45. The van der Waals surface area contributed by atoms with E-state index in [-0.39, 0.29) is 11.8 Å². The van der Waals surface area contributed by atoms with E-state index in [1.807, 2.05) is 6.07 Å². The molecule has 5 rings (SSSR count). The zero-order valence-corrected chi connectivity index (χ0v) is 17.0. The number of nitrogens with one attached hydrogen (secondary N) is 1. The van der Waals surface area contributed by atoms with E-state index in [4.69, 9.17) is 14.2 Å². The molecule has 1 aromatic carbocycles. The second kappa shape index (κ2) is 8.61. The minimum absolute atomic E-state index is 0.0405. The van der Waals surface area contributed by atoms with E-state index in [1.54, 1.807) is 0 Å². The van der Waals surface area contributed by atoms with Gasteiger partial charge in [0.1, 0.15) is 19.0 Å². The molecule has 4 heterocycles. The van der Waals surface area contributed by atoms with E-state index in [9.17, 15) is 4.79 Å². The lowest BCUT2D eigenvalue weighted by Crippen LogP contribution is -2.32. The van der Waals surface area contributed by atoms with Crippen molar-refractivity contribution in [1.82, 2.24) is 25.0 Å². The lowest BCUT2D eigenvalue weighted by atomic mass is 10.1. The van der Waals surface area contributed by atoms with Gasteiger partial charge in [-0.15, -0.1) is 10.2 Å². The Morgan fingerprint density at radius 2 is 2.00 bits per heavy atom. The van der Waals surface area contributed by atoms with E-state index >= 15 is 0 Å². The first kappa shape index (κ1) is 19.3. The van der Waals surface area contributed by atoms with Gasteiger partial charge in [-0.2, -0.15) is 0 Å². The molecule has 0 spiro atoms. The highest BCUT2D eigenvalue weighted by Crippen LogP contribution is 2.31. The lowest BCUT2D eigenvalue weighted by Gasteiger charge is -2.22. The van der Waals surface area contributed by atoms with Crippen molar-refractivity contribution in [1.29, 1.82) is 0 Å². The van der Waals surface area contributed by atoms with E-state index in [0.29, 0.717) is 33.0 Å². The first-order chi connectivity index (χ1) is 14.8. The van der Waals surface area contributed by atoms with Crippen molar-refractivity contribution in [2.24, 2.45) is 5.92 Å². The lowest BCUT2D eigenvalue weighted by molar-refractivity contribution is -0.125. The number of benzene rings is 1. The van der Waals surface area contributed by atoms with E-state index in [1.165, 1.54) is 5.56 Å². The molecule has 2 aromatic rings. The molecule has 30 heavy (non-hydrogen) atoms. The maximum absolute atomic E-state index is 12.3. The van der Waals surface area contributed by atoms with Crippen LogP contribution >= 0.6 is 0 Å². The Morgan fingerprint density at radius 1 is 1.10 bits per heavy atom. The predicted octanol–water partition coefficient (Wildman–Crippen LogP) is 0.760. The molecule has 0 saturated carbocycles. The van der Waals surface area contributed by atoms with Crippen LogP contribution in [-0.2, 0) is 35.6 Å². The van der Waals surface area contributed by atoms with Crippen LogP contribution in [-0.4, -0.2) is 65.1 Å². The van der Waals surface area contributed by atoms with Crippen molar-refractivity contribution in [2.45, 2.75) is 32.5 Å². The van der Waals surface area contributed by atoms with Gasteiger partial charge in [-0.25, -0.2) is 0 Å². The molecular weight excluding hydrogens is 386 g/mol. The quantitative estimate of drug-likeness (QED) is 0.774. The van der Waals surface area contributed by atoms with E-state index in [2.05, 4.69) is 37.1 Å². The number of amides is 1. The normalized spacial score (nSPS) is 21.1. The maximum atomic E-state index is 12.3. The van der Waals surface area contributed by atoms with Gasteiger partial charge in [0.15, 0.2) is 17.3 Å². The first-order valence-electron chi connectivity index (χ1n) is 10.6. The molecule has 0 radical (unpaired) electrons. The standard InChI is InChI=1S/C21H27N5O4/c27-21(16-4-8-28-14-16)22-12-20-24-23-19-3-5-25(6-7-26(19)20)13-15-1-2-17-18(11-15)30-10-9-29-17/h1-2,11,16H,3-10,12-14H2,(H,22,27). The van der Waals surface area contributed by atoms with Crippen molar-refractivity contribution < 1.29 is 19.0 Å². The van der Waals surface area contributed by atoms with Crippen LogP contribution in [0.4, 0.5) is 0 Å². The molecule has 1 saturated heterocycles. The molecule has 1 N–H and O–H groups in total. The first-order valence-corrected chi connectivity index (χ1v) is 10.6. The van der Waals surface area contributed by atoms with Crippen LogP contribution in [0.1, 0.15) is 23.6 Å². The third kappa shape index (κ3) is 4.13. The third-order valence-corrected chi connectivity index (χ3v) is 5.93. The topological polar surface area (TPSA) is 90.7 Å². The number of rotatable bonds is 5. The Kier molecular flexibility index (Phi) is 5.54. The average molecular weight is 413 g/mol. The summed E-state index contributed by atoms with van der Waals surface area (Å²) in [7, 11) is 0. The summed E-state index contributed by atoms with van der Waals surface area (Å²) < 4.78 is 18.8. The number of hydrogen-bond donors (Lipinski definition) is 1. The second-order valence-electron chi connectivity index (χ2n) is 7.97. The van der Waals surface area contributed by atoms with Crippen molar-refractivity contribution in [3.63, 3.8) is 0 Å². The average Bonchev–Trinajstić information content (AvgIpc) is 3.40. The van der Waals surface area contributed by atoms with Gasteiger partial charge >= 0.3 is 0 Å². The van der Waals surface area contributed by atoms with Crippen molar-refractivity contribution in [3.05, 3.63) is 35.4 Å². The molecule has 3 aliphatic rings.